The van der Waals surface area contributed by atoms with Gasteiger partial charge in [0.2, 0.25) is 0 Å². The van der Waals surface area contributed by atoms with E-state index in [2.05, 4.69) is 36.8 Å². The largest absolute Gasteiger partial charge is 0.494 e. The molecule has 3 aliphatic rings. The van der Waals surface area contributed by atoms with E-state index in [1.807, 2.05) is 0 Å². The van der Waals surface area contributed by atoms with Gasteiger partial charge in [0.05, 0.1) is 19.3 Å². The molecule has 4 rings (SSSR count). The van der Waals surface area contributed by atoms with Crippen LogP contribution in [0.1, 0.15) is 95.6 Å². The summed E-state index contributed by atoms with van der Waals surface area (Å²) < 4.78 is 97.4. The lowest BCUT2D eigenvalue weighted by molar-refractivity contribution is -0.383. The molecule has 0 bridgehead atoms. The van der Waals surface area contributed by atoms with Crippen LogP contribution in [0.15, 0.2) is 18.2 Å². The third kappa shape index (κ3) is 5.81. The van der Waals surface area contributed by atoms with Crippen LogP contribution in [0.4, 0.5) is 26.3 Å². The van der Waals surface area contributed by atoms with Crippen LogP contribution in [-0.4, -0.2) is 43.9 Å². The quantitative estimate of drug-likeness (QED) is 0.199. The molecule has 1 aromatic carbocycles. The SMILES string of the molecule is CCCOc1ccc2c(c1)CCC1C2CCC2(C)C(OCCCOC(CCC)(C(F)(F)F)C(F)(F)F)CCC12. The minimum atomic E-state index is -5.53. The number of ether oxygens (including phenoxy) is 3. The van der Waals surface area contributed by atoms with Crippen LogP contribution in [0.3, 0.4) is 0 Å². The summed E-state index contributed by atoms with van der Waals surface area (Å²) in [5.41, 5.74) is -1.34. The van der Waals surface area contributed by atoms with Gasteiger partial charge in [0, 0.05) is 6.61 Å². The van der Waals surface area contributed by atoms with E-state index < -0.39 is 31.0 Å². The van der Waals surface area contributed by atoms with Crippen molar-refractivity contribution in [1.82, 2.24) is 0 Å². The average Bonchev–Trinajstić information content (AvgIpc) is 3.21. The van der Waals surface area contributed by atoms with Gasteiger partial charge in [-0.1, -0.05) is 33.3 Å². The van der Waals surface area contributed by atoms with Crippen molar-refractivity contribution in [3.05, 3.63) is 29.3 Å². The molecular weight excluding hydrogens is 522 g/mol. The van der Waals surface area contributed by atoms with E-state index >= 15 is 0 Å². The number of hydrogen-bond acceptors (Lipinski definition) is 3. The Hall–Kier alpha value is -1.48. The van der Waals surface area contributed by atoms with Crippen molar-refractivity contribution in [1.29, 1.82) is 0 Å². The third-order valence-corrected chi connectivity index (χ3v) is 9.56. The minimum absolute atomic E-state index is 0.0171. The van der Waals surface area contributed by atoms with Crippen LogP contribution in [0.5, 0.6) is 5.75 Å². The predicted molar refractivity (Wildman–Crippen MR) is 137 cm³/mol. The van der Waals surface area contributed by atoms with Crippen molar-refractivity contribution in [3.8, 4) is 5.75 Å². The number of rotatable bonds is 11. The van der Waals surface area contributed by atoms with Gasteiger partial charge < -0.3 is 14.2 Å². The third-order valence-electron chi connectivity index (χ3n) is 9.56. The summed E-state index contributed by atoms with van der Waals surface area (Å²) in [4.78, 5) is 0. The highest BCUT2D eigenvalue weighted by atomic mass is 19.4. The van der Waals surface area contributed by atoms with E-state index in [-0.39, 0.29) is 31.0 Å². The zero-order valence-corrected chi connectivity index (χ0v) is 23.2. The lowest BCUT2D eigenvalue weighted by Crippen LogP contribution is -2.58. The fourth-order valence-corrected chi connectivity index (χ4v) is 7.66. The van der Waals surface area contributed by atoms with Crippen molar-refractivity contribution in [2.75, 3.05) is 19.8 Å². The van der Waals surface area contributed by atoms with E-state index in [9.17, 15) is 26.3 Å². The molecule has 0 saturated heterocycles. The monoisotopic (exact) mass is 564 g/mol. The summed E-state index contributed by atoms with van der Waals surface area (Å²) in [6, 6.07) is 6.52. The van der Waals surface area contributed by atoms with E-state index in [0.29, 0.717) is 24.4 Å². The molecule has 0 heterocycles. The molecule has 0 N–H and O–H groups in total. The molecule has 5 atom stereocenters. The van der Waals surface area contributed by atoms with E-state index in [4.69, 9.17) is 9.47 Å². The molecule has 2 fully saturated rings. The fraction of sp³-hybridized carbons (Fsp3) is 0.800. The second-order valence-corrected chi connectivity index (χ2v) is 11.9. The van der Waals surface area contributed by atoms with Crippen LogP contribution in [0.25, 0.3) is 0 Å². The summed E-state index contributed by atoms with van der Waals surface area (Å²) in [7, 11) is 0. The zero-order chi connectivity index (χ0) is 28.5. The number of benzene rings is 1. The molecule has 222 valence electrons. The Morgan fingerprint density at radius 1 is 0.897 bits per heavy atom. The first kappa shape index (κ1) is 30.5. The van der Waals surface area contributed by atoms with Gasteiger partial charge in [0.1, 0.15) is 5.75 Å². The Morgan fingerprint density at radius 2 is 1.64 bits per heavy atom. The number of hydrogen-bond donors (Lipinski definition) is 0. The lowest BCUT2D eigenvalue weighted by atomic mass is 9.55. The second kappa shape index (κ2) is 11.8. The summed E-state index contributed by atoms with van der Waals surface area (Å²) in [5.74, 6) is 2.50. The van der Waals surface area contributed by atoms with Gasteiger partial charge in [0.15, 0.2) is 0 Å². The topological polar surface area (TPSA) is 27.7 Å². The summed E-state index contributed by atoms with van der Waals surface area (Å²) in [5, 5.41) is 0. The molecule has 1 aromatic rings. The first-order chi connectivity index (χ1) is 18.4. The maximum Gasteiger partial charge on any atom is 0.426 e. The maximum absolute atomic E-state index is 13.5. The fourth-order valence-electron chi connectivity index (χ4n) is 7.66. The van der Waals surface area contributed by atoms with E-state index in [0.717, 1.165) is 50.7 Å². The van der Waals surface area contributed by atoms with Crippen LogP contribution < -0.4 is 4.74 Å². The van der Waals surface area contributed by atoms with Gasteiger partial charge in [-0.3, -0.25) is 0 Å². The van der Waals surface area contributed by atoms with Crippen molar-refractivity contribution in [3.63, 3.8) is 0 Å². The first-order valence-corrected chi connectivity index (χ1v) is 14.5. The standard InChI is InChI=1S/C30H42F6O3/c1-4-14-28(29(31,32)33,30(34,35)36)39-18-6-17-38-26-12-11-25-24-9-7-20-19-21(37-16-5-2)8-10-22(20)23(24)13-15-27(25,26)3/h8,10,19,23-26H,4-7,9,11-18H2,1-3H3. The number of aryl methyl sites for hydroxylation is 1. The van der Waals surface area contributed by atoms with Gasteiger partial charge in [0.25, 0.3) is 5.60 Å². The summed E-state index contributed by atoms with van der Waals surface area (Å²) >= 11 is 0. The molecule has 3 nitrogen and oxygen atoms in total. The predicted octanol–water partition coefficient (Wildman–Crippen LogP) is 8.79. The smallest absolute Gasteiger partial charge is 0.426 e. The Balaban J connectivity index is 1.34. The molecule has 0 aromatic heterocycles. The molecule has 9 heteroatoms. The zero-order valence-electron chi connectivity index (χ0n) is 23.2. The van der Waals surface area contributed by atoms with Crippen LogP contribution in [0, 0.1) is 17.3 Å². The highest BCUT2D eigenvalue weighted by molar-refractivity contribution is 5.40. The van der Waals surface area contributed by atoms with Gasteiger partial charge >= 0.3 is 12.4 Å². The molecule has 3 aliphatic carbocycles. The minimum Gasteiger partial charge on any atom is -0.494 e. The Labute approximate surface area is 228 Å². The van der Waals surface area contributed by atoms with Crippen LogP contribution in [-0.2, 0) is 15.9 Å². The molecular formula is C30H42F6O3. The Kier molecular flexibility index (Phi) is 9.21. The van der Waals surface area contributed by atoms with Gasteiger partial charge in [-0.25, -0.2) is 0 Å². The number of halogens is 6. The first-order valence-electron chi connectivity index (χ1n) is 14.5. The van der Waals surface area contributed by atoms with Crippen molar-refractivity contribution >= 4 is 0 Å². The number of alkyl halides is 6. The van der Waals surface area contributed by atoms with Crippen molar-refractivity contribution in [2.45, 2.75) is 115 Å². The molecule has 0 amide bonds. The van der Waals surface area contributed by atoms with Crippen molar-refractivity contribution in [2.24, 2.45) is 17.3 Å². The Morgan fingerprint density at radius 3 is 2.31 bits per heavy atom. The Bertz CT molecular complexity index is 947. The van der Waals surface area contributed by atoms with Crippen LogP contribution in [0.2, 0.25) is 0 Å². The van der Waals surface area contributed by atoms with E-state index in [1.54, 1.807) is 0 Å². The highest BCUT2D eigenvalue weighted by Gasteiger charge is 2.71. The molecule has 0 aliphatic heterocycles. The average molecular weight is 565 g/mol. The molecule has 5 unspecified atom stereocenters. The summed E-state index contributed by atoms with van der Waals surface area (Å²) in [6.07, 6.45) is -5.51. The van der Waals surface area contributed by atoms with Gasteiger partial charge in [-0.2, -0.15) is 26.3 Å². The van der Waals surface area contributed by atoms with Crippen LogP contribution >= 0.6 is 0 Å². The summed E-state index contributed by atoms with van der Waals surface area (Å²) in [6.45, 7) is 5.78. The molecule has 39 heavy (non-hydrogen) atoms. The van der Waals surface area contributed by atoms with Crippen molar-refractivity contribution < 1.29 is 40.6 Å². The molecule has 0 radical (unpaired) electrons. The molecule has 0 spiro atoms. The number of fused-ring (bicyclic) bond motifs is 5. The highest BCUT2D eigenvalue weighted by Crippen LogP contribution is 2.61. The lowest BCUT2D eigenvalue weighted by Gasteiger charge is -2.50. The van der Waals surface area contributed by atoms with Gasteiger partial charge in [-0.15, -0.1) is 0 Å². The molecule has 2 saturated carbocycles. The normalized spacial score (nSPS) is 29.1. The maximum atomic E-state index is 13.5. The van der Waals surface area contributed by atoms with E-state index in [1.165, 1.54) is 18.1 Å². The van der Waals surface area contributed by atoms with Gasteiger partial charge in [-0.05, 0) is 104 Å². The second-order valence-electron chi connectivity index (χ2n) is 11.9.